The van der Waals surface area contributed by atoms with Crippen LogP contribution < -0.4 is 5.46 Å². The van der Waals surface area contributed by atoms with Crippen LogP contribution in [0, 0.1) is 5.41 Å². The van der Waals surface area contributed by atoms with E-state index in [1.807, 2.05) is 26.8 Å². The average molecular weight is 364 g/mol. The van der Waals surface area contributed by atoms with Crippen molar-refractivity contribution in [1.29, 1.82) is 0 Å². The fraction of sp³-hybridized carbons (Fsp3) is 0.500. The van der Waals surface area contributed by atoms with Crippen molar-refractivity contribution in [3.63, 3.8) is 0 Å². The zero-order valence-electron chi connectivity index (χ0n) is 15.2. The Morgan fingerprint density at radius 2 is 1.92 bits per heavy atom. The Morgan fingerprint density at radius 1 is 1.28 bits per heavy atom. The first-order valence-corrected chi connectivity index (χ1v) is 8.71. The van der Waals surface area contributed by atoms with E-state index >= 15 is 0 Å². The molecule has 3 rings (SSSR count). The summed E-state index contributed by atoms with van der Waals surface area (Å²) in [5, 5.41) is 1.28. The smallest absolute Gasteiger partial charge is 0.456 e. The molecule has 0 radical (unpaired) electrons. The minimum atomic E-state index is -0.558. The molecule has 1 aliphatic heterocycles. The number of esters is 1. The maximum atomic E-state index is 12.5. The normalized spacial score (nSPS) is 17.8. The lowest BCUT2D eigenvalue weighted by molar-refractivity contribution is 0.00718. The van der Waals surface area contributed by atoms with E-state index in [1.54, 1.807) is 12.3 Å². The molecule has 0 aliphatic carbocycles. The summed E-state index contributed by atoms with van der Waals surface area (Å²) in [6, 6.07) is 3.63. The van der Waals surface area contributed by atoms with Gasteiger partial charge in [0, 0.05) is 46.2 Å². The highest BCUT2D eigenvalue weighted by Gasteiger charge is 2.35. The number of benzene rings is 1. The molecule has 1 saturated heterocycles. The van der Waals surface area contributed by atoms with Gasteiger partial charge in [-0.15, -0.1) is 0 Å². The first-order valence-electron chi connectivity index (χ1n) is 8.33. The van der Waals surface area contributed by atoms with Crippen molar-refractivity contribution >= 4 is 41.1 Å². The molecule has 7 heteroatoms. The van der Waals surface area contributed by atoms with Crippen molar-refractivity contribution < 1.29 is 18.8 Å². The second-order valence-electron chi connectivity index (χ2n) is 8.24. The standard InChI is InChI=1S/C18H23BClNO4/c1-17(2,3)25-16(22)12-8-21-15-7-14(20)13(6-11(12)15)19-23-9-18(4,5)10-24-19/h6-8,21H,9-10H2,1-5H3. The fourth-order valence-electron chi connectivity index (χ4n) is 2.71. The van der Waals surface area contributed by atoms with E-state index < -0.39 is 12.7 Å². The zero-order chi connectivity index (χ0) is 18.4. The number of halogens is 1. The van der Waals surface area contributed by atoms with Gasteiger partial charge in [-0.25, -0.2) is 4.79 Å². The van der Waals surface area contributed by atoms with Crippen molar-refractivity contribution in [2.24, 2.45) is 5.41 Å². The zero-order valence-corrected chi connectivity index (χ0v) is 16.0. The van der Waals surface area contributed by atoms with Crippen LogP contribution in [0.5, 0.6) is 0 Å². The number of aromatic amines is 1. The summed E-state index contributed by atoms with van der Waals surface area (Å²) in [5.41, 5.74) is 1.37. The molecule has 1 N–H and O–H groups in total. The number of nitrogens with one attached hydrogen (secondary N) is 1. The minimum absolute atomic E-state index is 0.0250. The van der Waals surface area contributed by atoms with Gasteiger partial charge in [-0.1, -0.05) is 31.5 Å². The van der Waals surface area contributed by atoms with E-state index in [0.29, 0.717) is 29.3 Å². The van der Waals surface area contributed by atoms with Crippen LogP contribution in [0.1, 0.15) is 45.0 Å². The molecule has 134 valence electrons. The minimum Gasteiger partial charge on any atom is -0.456 e. The lowest BCUT2D eigenvalue weighted by Gasteiger charge is -2.33. The second-order valence-corrected chi connectivity index (χ2v) is 8.65. The van der Waals surface area contributed by atoms with Gasteiger partial charge in [-0.05, 0) is 26.8 Å². The third-order valence-corrected chi connectivity index (χ3v) is 4.25. The van der Waals surface area contributed by atoms with Crippen molar-refractivity contribution in [3.8, 4) is 0 Å². The van der Waals surface area contributed by atoms with Crippen LogP contribution in [0.15, 0.2) is 18.3 Å². The van der Waals surface area contributed by atoms with Crippen molar-refractivity contribution in [3.05, 3.63) is 28.9 Å². The molecule has 25 heavy (non-hydrogen) atoms. The number of H-pyrrole nitrogens is 1. The lowest BCUT2D eigenvalue weighted by atomic mass is 9.75. The Balaban J connectivity index is 1.94. The Kier molecular flexibility index (Phi) is 4.64. The van der Waals surface area contributed by atoms with Crippen LogP contribution >= 0.6 is 11.6 Å². The largest absolute Gasteiger partial charge is 0.495 e. The average Bonchev–Trinajstić information content (AvgIpc) is 2.87. The molecular weight excluding hydrogens is 340 g/mol. The monoisotopic (exact) mass is 363 g/mol. The van der Waals surface area contributed by atoms with Gasteiger partial charge in [-0.2, -0.15) is 0 Å². The third-order valence-electron chi connectivity index (χ3n) is 3.92. The van der Waals surface area contributed by atoms with Gasteiger partial charge in [0.05, 0.1) is 5.56 Å². The molecule has 0 saturated carbocycles. The highest BCUT2D eigenvalue weighted by Crippen LogP contribution is 2.26. The van der Waals surface area contributed by atoms with Crippen LogP contribution in [0.3, 0.4) is 0 Å². The molecule has 2 aromatic rings. The molecule has 1 aliphatic rings. The number of aromatic nitrogens is 1. The Bertz CT molecular complexity index is 799. The maximum Gasteiger partial charge on any atom is 0.495 e. The van der Waals surface area contributed by atoms with Gasteiger partial charge in [0.1, 0.15) is 5.60 Å². The van der Waals surface area contributed by atoms with Crippen LogP contribution in [-0.2, 0) is 14.0 Å². The van der Waals surface area contributed by atoms with Crippen molar-refractivity contribution in [1.82, 2.24) is 4.98 Å². The molecule has 1 fully saturated rings. The van der Waals surface area contributed by atoms with Crippen LogP contribution in [0.25, 0.3) is 10.9 Å². The Hall–Kier alpha value is -1.50. The highest BCUT2D eigenvalue weighted by atomic mass is 35.5. The number of ether oxygens (including phenoxy) is 1. The predicted octanol–water partition coefficient (Wildman–Crippen LogP) is 3.54. The number of carbonyl (C=O) groups is 1. The number of carbonyl (C=O) groups excluding carboxylic acids is 1. The third kappa shape index (κ3) is 4.02. The van der Waals surface area contributed by atoms with Gasteiger partial charge < -0.3 is 19.0 Å². The highest BCUT2D eigenvalue weighted by molar-refractivity contribution is 6.65. The topological polar surface area (TPSA) is 60.5 Å². The molecule has 0 atom stereocenters. The van der Waals surface area contributed by atoms with Crippen LogP contribution in [0.4, 0.5) is 0 Å². The molecule has 0 unspecified atom stereocenters. The molecule has 2 heterocycles. The second kappa shape index (κ2) is 6.34. The van der Waals surface area contributed by atoms with E-state index in [2.05, 4.69) is 18.8 Å². The summed E-state index contributed by atoms with van der Waals surface area (Å²) in [6.07, 6.45) is 1.64. The molecule has 0 amide bonds. The summed E-state index contributed by atoms with van der Waals surface area (Å²) in [6.45, 7) is 10.9. The van der Waals surface area contributed by atoms with Crippen LogP contribution in [-0.4, -0.2) is 36.9 Å². The SMILES string of the molecule is CC1(C)COB(c2cc3c(C(=O)OC(C)(C)C)c[nH]c3cc2Cl)OC1. The maximum absolute atomic E-state index is 12.5. The summed E-state index contributed by atoms with van der Waals surface area (Å²) in [5.74, 6) is -0.376. The number of fused-ring (bicyclic) bond motifs is 1. The van der Waals surface area contributed by atoms with Crippen LogP contribution in [0.2, 0.25) is 5.02 Å². The van der Waals surface area contributed by atoms with Gasteiger partial charge in [0.15, 0.2) is 0 Å². The van der Waals surface area contributed by atoms with Gasteiger partial charge in [0.2, 0.25) is 0 Å². The van der Waals surface area contributed by atoms with Crippen molar-refractivity contribution in [2.75, 3.05) is 13.2 Å². The molecule has 1 aromatic carbocycles. The van der Waals surface area contributed by atoms with E-state index in [0.717, 1.165) is 10.9 Å². The van der Waals surface area contributed by atoms with Gasteiger partial charge in [-0.3, -0.25) is 0 Å². The Morgan fingerprint density at radius 3 is 2.52 bits per heavy atom. The van der Waals surface area contributed by atoms with Gasteiger partial charge >= 0.3 is 13.1 Å². The number of hydrogen-bond donors (Lipinski definition) is 1. The summed E-state index contributed by atoms with van der Waals surface area (Å²) >= 11 is 6.41. The summed E-state index contributed by atoms with van der Waals surface area (Å²) < 4.78 is 17.1. The first-order chi connectivity index (χ1) is 11.6. The number of hydrogen-bond acceptors (Lipinski definition) is 4. The van der Waals surface area contributed by atoms with Crippen molar-refractivity contribution in [2.45, 2.75) is 40.2 Å². The molecular formula is C18H23BClNO4. The molecule has 0 bridgehead atoms. The van der Waals surface area contributed by atoms with E-state index in [1.165, 1.54) is 0 Å². The molecule has 0 spiro atoms. The molecule has 5 nitrogen and oxygen atoms in total. The van der Waals surface area contributed by atoms with Gasteiger partial charge in [0.25, 0.3) is 0 Å². The number of rotatable bonds is 2. The quantitative estimate of drug-likeness (QED) is 0.655. The van der Waals surface area contributed by atoms with E-state index in [4.69, 9.17) is 25.6 Å². The first kappa shape index (κ1) is 18.3. The lowest BCUT2D eigenvalue weighted by Crippen LogP contribution is -2.47. The Labute approximate surface area is 153 Å². The van der Waals surface area contributed by atoms with E-state index in [-0.39, 0.29) is 11.4 Å². The fourth-order valence-corrected chi connectivity index (χ4v) is 2.97. The summed E-state index contributed by atoms with van der Waals surface area (Å²) in [7, 11) is -0.536. The summed E-state index contributed by atoms with van der Waals surface area (Å²) in [4.78, 5) is 15.5. The predicted molar refractivity (Wildman–Crippen MR) is 99.6 cm³/mol. The molecule has 1 aromatic heterocycles. The van der Waals surface area contributed by atoms with E-state index in [9.17, 15) is 4.79 Å².